The number of tetrazole rings is 1. The first-order valence-electron chi connectivity index (χ1n) is 9.80. The second-order valence-electron chi connectivity index (χ2n) is 7.35. The van der Waals surface area contributed by atoms with Crippen LogP contribution < -0.4 is 9.80 Å². The summed E-state index contributed by atoms with van der Waals surface area (Å²) in [6, 6.07) is 4.50. The Morgan fingerprint density at radius 3 is 2.72 bits per heavy atom. The van der Waals surface area contributed by atoms with Gasteiger partial charge in [-0.25, -0.2) is 13.9 Å². The topological polar surface area (TPSA) is 120 Å². The lowest BCUT2D eigenvalue weighted by atomic mass is 10.2. The smallest absolute Gasteiger partial charge is 0.416 e. The number of ether oxygens (including phenoxy) is 1. The molecule has 0 radical (unpaired) electrons. The predicted octanol–water partition coefficient (Wildman–Crippen LogP) is 0.218. The number of thiocarbonyl (C=S) groups is 1. The number of piperazine rings is 1. The Morgan fingerprint density at radius 1 is 1.34 bits per heavy atom. The molecule has 1 aromatic carbocycles. The number of carbonyl (C=O) groups excluding carboxylic acids is 2. The molecule has 2 fully saturated rings. The molecular formula is C18H21FN8O4S. The van der Waals surface area contributed by atoms with Crippen LogP contribution in [0.25, 0.3) is 0 Å². The molecule has 4 rings (SSSR count). The molecular weight excluding hydrogens is 443 g/mol. The number of benzene rings is 1. The third kappa shape index (κ3) is 4.39. The number of cyclic esters (lactones) is 1. The van der Waals surface area contributed by atoms with E-state index in [1.165, 1.54) is 33.9 Å². The number of rotatable bonds is 5. The molecule has 2 aromatic rings. The predicted molar refractivity (Wildman–Crippen MR) is 114 cm³/mol. The fourth-order valence-corrected chi connectivity index (χ4v) is 3.71. The van der Waals surface area contributed by atoms with Crippen molar-refractivity contribution in [1.29, 1.82) is 0 Å². The molecule has 0 spiro atoms. The van der Waals surface area contributed by atoms with E-state index in [-0.39, 0.29) is 19.0 Å². The summed E-state index contributed by atoms with van der Waals surface area (Å²) in [5, 5.41) is 19.7. The molecule has 2 saturated heterocycles. The molecule has 14 heteroatoms. The minimum absolute atomic E-state index is 0.0547. The van der Waals surface area contributed by atoms with Gasteiger partial charge in [-0.15, -0.1) is 5.10 Å². The van der Waals surface area contributed by atoms with E-state index in [2.05, 4.69) is 27.7 Å². The maximum Gasteiger partial charge on any atom is 0.416 e. The number of aliphatic hydroxyl groups is 1. The molecule has 1 aromatic heterocycles. The molecule has 0 saturated carbocycles. The molecule has 0 aliphatic carbocycles. The van der Waals surface area contributed by atoms with Gasteiger partial charge >= 0.3 is 6.09 Å². The zero-order valence-corrected chi connectivity index (χ0v) is 18.0. The van der Waals surface area contributed by atoms with E-state index in [1.807, 2.05) is 4.90 Å². The summed E-state index contributed by atoms with van der Waals surface area (Å²) < 4.78 is 21.5. The monoisotopic (exact) mass is 464 g/mol. The molecule has 12 nitrogen and oxygen atoms in total. The Bertz CT molecular complexity index is 1010. The third-order valence-corrected chi connectivity index (χ3v) is 5.72. The van der Waals surface area contributed by atoms with E-state index >= 15 is 0 Å². The van der Waals surface area contributed by atoms with Crippen LogP contribution in [0.3, 0.4) is 0 Å². The van der Waals surface area contributed by atoms with Gasteiger partial charge in [-0.3, -0.25) is 14.6 Å². The first kappa shape index (κ1) is 21.7. The minimum atomic E-state index is -0.762. The van der Waals surface area contributed by atoms with Crippen molar-refractivity contribution in [2.24, 2.45) is 0 Å². The van der Waals surface area contributed by atoms with Gasteiger partial charge < -0.3 is 19.6 Å². The van der Waals surface area contributed by atoms with Crippen molar-refractivity contribution in [2.75, 3.05) is 49.6 Å². The average molecular weight is 464 g/mol. The molecule has 2 aliphatic heterocycles. The fraction of sp³-hybridized carbons (Fsp3) is 0.444. The van der Waals surface area contributed by atoms with E-state index in [1.54, 1.807) is 17.0 Å². The van der Waals surface area contributed by atoms with Crippen LogP contribution in [0.15, 0.2) is 24.5 Å². The van der Waals surface area contributed by atoms with Gasteiger partial charge in [0.2, 0.25) is 5.91 Å². The first-order chi connectivity index (χ1) is 15.3. The highest BCUT2D eigenvalue weighted by atomic mass is 32.1. The van der Waals surface area contributed by atoms with Crippen molar-refractivity contribution in [3.05, 3.63) is 30.3 Å². The van der Waals surface area contributed by atoms with Crippen molar-refractivity contribution in [3.8, 4) is 0 Å². The minimum Gasteiger partial charge on any atom is -0.486 e. The molecule has 32 heavy (non-hydrogen) atoms. The number of aliphatic hydroxyl groups excluding tert-OH is 1. The van der Waals surface area contributed by atoms with Crippen molar-refractivity contribution >= 4 is 40.8 Å². The van der Waals surface area contributed by atoms with Gasteiger partial charge in [0, 0.05) is 33.2 Å². The Labute approximate surface area is 187 Å². The van der Waals surface area contributed by atoms with Crippen molar-refractivity contribution < 1.29 is 23.8 Å². The molecule has 2 amide bonds. The number of hydrogen-bond acceptors (Lipinski definition) is 8. The number of amides is 2. The van der Waals surface area contributed by atoms with Gasteiger partial charge in [0.15, 0.2) is 6.23 Å². The Hall–Kier alpha value is -3.55. The summed E-state index contributed by atoms with van der Waals surface area (Å²) >= 11 is 4.68. The first-order valence-corrected chi connectivity index (χ1v) is 10.2. The normalized spacial score (nSPS) is 18.6. The van der Waals surface area contributed by atoms with Crippen LogP contribution in [-0.2, 0) is 16.1 Å². The van der Waals surface area contributed by atoms with Crippen LogP contribution >= 0.6 is 12.2 Å². The lowest BCUT2D eigenvalue weighted by molar-refractivity contribution is -0.132. The Kier molecular flexibility index (Phi) is 6.03. The second-order valence-corrected chi connectivity index (χ2v) is 7.72. The Morgan fingerprint density at radius 2 is 2.09 bits per heavy atom. The average Bonchev–Trinajstić information content (AvgIpc) is 3.42. The van der Waals surface area contributed by atoms with Crippen molar-refractivity contribution in [2.45, 2.75) is 12.8 Å². The van der Waals surface area contributed by atoms with E-state index in [0.717, 1.165) is 0 Å². The van der Waals surface area contributed by atoms with Gasteiger partial charge in [0.1, 0.15) is 18.7 Å². The molecule has 0 bridgehead atoms. The van der Waals surface area contributed by atoms with Gasteiger partial charge in [0.05, 0.1) is 17.9 Å². The highest BCUT2D eigenvalue weighted by Gasteiger charge is 2.36. The number of anilines is 2. The number of likely N-dealkylation sites (N-methyl/N-ethyl adjacent to an activating group) is 1. The summed E-state index contributed by atoms with van der Waals surface area (Å²) in [4.78, 5) is 30.6. The van der Waals surface area contributed by atoms with Crippen LogP contribution in [0.4, 0.5) is 20.6 Å². The number of halogens is 1. The second kappa shape index (κ2) is 8.90. The molecule has 1 unspecified atom stereocenters. The summed E-state index contributed by atoms with van der Waals surface area (Å²) in [5.74, 6) is -0.597. The van der Waals surface area contributed by atoms with E-state index in [0.29, 0.717) is 37.6 Å². The van der Waals surface area contributed by atoms with Gasteiger partial charge in [-0.1, -0.05) is 0 Å². The zero-order valence-electron chi connectivity index (χ0n) is 17.2. The molecule has 1 N–H and O–H groups in total. The summed E-state index contributed by atoms with van der Waals surface area (Å²) in [7, 11) is 1.50. The van der Waals surface area contributed by atoms with Crippen LogP contribution in [0.2, 0.25) is 0 Å². The van der Waals surface area contributed by atoms with Gasteiger partial charge in [-0.2, -0.15) is 0 Å². The van der Waals surface area contributed by atoms with E-state index in [9.17, 15) is 19.1 Å². The molecule has 2 aliphatic rings. The fourth-order valence-electron chi connectivity index (χ4n) is 3.59. The molecule has 170 valence electrons. The maximum absolute atomic E-state index is 14.9. The lowest BCUT2D eigenvalue weighted by Gasteiger charge is -2.36. The third-order valence-electron chi connectivity index (χ3n) is 5.43. The van der Waals surface area contributed by atoms with Crippen molar-refractivity contribution in [1.82, 2.24) is 30.0 Å². The Balaban J connectivity index is 1.37. The van der Waals surface area contributed by atoms with Crippen LogP contribution in [-0.4, -0.2) is 98.3 Å². The number of aromatic nitrogens is 4. The quantitative estimate of drug-likeness (QED) is 0.615. The summed E-state index contributed by atoms with van der Waals surface area (Å²) in [6.07, 6.45) is -0.0407. The maximum atomic E-state index is 14.9. The summed E-state index contributed by atoms with van der Waals surface area (Å²) in [5.41, 5.74) is 0.727. The van der Waals surface area contributed by atoms with Crippen LogP contribution in [0.5, 0.6) is 0 Å². The highest BCUT2D eigenvalue weighted by Crippen LogP contribution is 2.29. The molecule has 1 atom stereocenters. The van der Waals surface area contributed by atoms with E-state index in [4.69, 9.17) is 4.74 Å². The standard InChI is InChI=1S/C18H21FN8O4S/c1-23(18(30)32)16-10-27(17(29)31-16)12-2-3-14(13(19)8-12)24-4-6-25(7-5-24)15(28)9-26-11-20-21-22-26/h2-3,8,11,16H,4-7,9-10H2,1H3,(H,30,32). The molecule has 3 heterocycles. The lowest BCUT2D eigenvalue weighted by Crippen LogP contribution is -2.49. The zero-order chi connectivity index (χ0) is 22.8. The van der Waals surface area contributed by atoms with E-state index < -0.39 is 23.3 Å². The summed E-state index contributed by atoms with van der Waals surface area (Å²) in [6.45, 7) is 1.95. The number of nitrogens with zero attached hydrogens (tertiary/aromatic N) is 8. The SMILES string of the molecule is CN(C(O)=S)C1CN(c2ccc(N3CCN(C(=O)Cn4cnnn4)CC3)c(F)c2)C(=O)O1. The largest absolute Gasteiger partial charge is 0.486 e. The van der Waals surface area contributed by atoms with Crippen LogP contribution in [0.1, 0.15) is 0 Å². The van der Waals surface area contributed by atoms with Gasteiger partial charge in [-0.05, 0) is 40.8 Å². The van der Waals surface area contributed by atoms with Crippen LogP contribution in [0, 0.1) is 5.82 Å². The number of carbonyl (C=O) groups is 2. The highest BCUT2D eigenvalue weighted by molar-refractivity contribution is 7.79. The van der Waals surface area contributed by atoms with Gasteiger partial charge in [0.25, 0.3) is 5.17 Å². The number of hydrogen-bond donors (Lipinski definition) is 1. The van der Waals surface area contributed by atoms with Crippen molar-refractivity contribution in [3.63, 3.8) is 0 Å².